The van der Waals surface area contributed by atoms with Crippen molar-refractivity contribution in [1.29, 1.82) is 0 Å². The Kier molecular flexibility index (Phi) is 4.68. The van der Waals surface area contributed by atoms with E-state index in [4.69, 9.17) is 11.6 Å². The highest BCUT2D eigenvalue weighted by molar-refractivity contribution is 6.30. The third-order valence-corrected chi connectivity index (χ3v) is 3.28. The molecule has 2 aromatic carbocycles. The van der Waals surface area contributed by atoms with Gasteiger partial charge in [0.2, 0.25) is 0 Å². The Labute approximate surface area is 120 Å². The summed E-state index contributed by atoms with van der Waals surface area (Å²) in [5.74, 6) is -2.13. The van der Waals surface area contributed by atoms with Crippen LogP contribution in [-0.2, 0) is 0 Å². The molecule has 1 N–H and O–H groups in total. The van der Waals surface area contributed by atoms with Gasteiger partial charge < -0.3 is 5.32 Å². The first-order valence-corrected chi connectivity index (χ1v) is 6.55. The zero-order valence-corrected chi connectivity index (χ0v) is 11.5. The lowest BCUT2D eigenvalue weighted by Crippen LogP contribution is -2.25. The zero-order valence-electron chi connectivity index (χ0n) is 10.8. The van der Waals surface area contributed by atoms with Crippen LogP contribution >= 0.6 is 11.6 Å². The van der Waals surface area contributed by atoms with Gasteiger partial charge in [-0.1, -0.05) is 36.7 Å². The van der Waals surface area contributed by atoms with Gasteiger partial charge in [0.25, 0.3) is 0 Å². The number of hydrogen-bond acceptors (Lipinski definition) is 1. The minimum atomic E-state index is -0.931. The molecular formula is C15H13ClF3N. The first kappa shape index (κ1) is 14.9. The SMILES string of the molecule is CCNC(c1cccc(Cl)c1F)c1c(F)cccc1F. The second-order valence-electron chi connectivity index (χ2n) is 4.27. The van der Waals surface area contributed by atoms with Gasteiger partial charge in [0.15, 0.2) is 0 Å². The number of rotatable bonds is 4. The third-order valence-electron chi connectivity index (χ3n) is 2.99. The van der Waals surface area contributed by atoms with Crippen LogP contribution in [0.3, 0.4) is 0 Å². The van der Waals surface area contributed by atoms with Crippen molar-refractivity contribution in [2.75, 3.05) is 6.54 Å². The van der Waals surface area contributed by atoms with Crippen molar-refractivity contribution in [3.8, 4) is 0 Å². The first-order valence-electron chi connectivity index (χ1n) is 6.17. The molecule has 2 aromatic rings. The van der Waals surface area contributed by atoms with Crippen LogP contribution in [0.15, 0.2) is 36.4 Å². The third kappa shape index (κ3) is 2.81. The maximum atomic E-state index is 14.1. The van der Waals surface area contributed by atoms with E-state index in [0.717, 1.165) is 12.1 Å². The number of benzene rings is 2. The quantitative estimate of drug-likeness (QED) is 0.879. The van der Waals surface area contributed by atoms with Gasteiger partial charge in [0.1, 0.15) is 17.5 Å². The van der Waals surface area contributed by atoms with E-state index >= 15 is 0 Å². The number of nitrogens with one attached hydrogen (secondary N) is 1. The van der Waals surface area contributed by atoms with Crippen LogP contribution in [0.25, 0.3) is 0 Å². The molecule has 0 heterocycles. The van der Waals surface area contributed by atoms with Gasteiger partial charge in [-0.3, -0.25) is 0 Å². The molecule has 1 unspecified atom stereocenters. The van der Waals surface area contributed by atoms with Gasteiger partial charge in [-0.15, -0.1) is 0 Å². The van der Waals surface area contributed by atoms with Gasteiger partial charge in [-0.25, -0.2) is 13.2 Å². The van der Waals surface area contributed by atoms with Crippen LogP contribution in [0.1, 0.15) is 24.1 Å². The van der Waals surface area contributed by atoms with Gasteiger partial charge in [0.05, 0.1) is 11.1 Å². The highest BCUT2D eigenvalue weighted by atomic mass is 35.5. The Morgan fingerprint density at radius 3 is 2.25 bits per heavy atom. The van der Waals surface area contributed by atoms with Crippen molar-refractivity contribution in [2.24, 2.45) is 0 Å². The van der Waals surface area contributed by atoms with Crippen LogP contribution in [0.4, 0.5) is 13.2 Å². The minimum Gasteiger partial charge on any atom is -0.306 e. The summed E-state index contributed by atoms with van der Waals surface area (Å²) in [7, 11) is 0. The lowest BCUT2D eigenvalue weighted by Gasteiger charge is -2.21. The van der Waals surface area contributed by atoms with E-state index in [1.807, 2.05) is 0 Å². The standard InChI is InChI=1S/C15H13ClF3N/c1-2-20-15(9-5-3-6-10(16)14(9)19)13-11(17)7-4-8-12(13)18/h3-8,15,20H,2H2,1H3. The van der Waals surface area contributed by atoms with Crippen molar-refractivity contribution < 1.29 is 13.2 Å². The normalized spacial score (nSPS) is 12.4. The van der Waals surface area contributed by atoms with Crippen LogP contribution < -0.4 is 5.32 Å². The highest BCUT2D eigenvalue weighted by Gasteiger charge is 2.24. The summed E-state index contributed by atoms with van der Waals surface area (Å²) < 4.78 is 41.9. The molecule has 0 fully saturated rings. The maximum absolute atomic E-state index is 14.1. The lowest BCUT2D eigenvalue weighted by atomic mass is 9.97. The molecule has 1 atom stereocenters. The highest BCUT2D eigenvalue weighted by Crippen LogP contribution is 2.31. The molecular weight excluding hydrogens is 287 g/mol. The van der Waals surface area contributed by atoms with Crippen molar-refractivity contribution >= 4 is 11.6 Å². The van der Waals surface area contributed by atoms with Crippen LogP contribution in [0.2, 0.25) is 5.02 Å². The average Bonchev–Trinajstić information content (AvgIpc) is 2.41. The minimum absolute atomic E-state index is 0.0813. The molecule has 0 saturated carbocycles. The van der Waals surface area contributed by atoms with E-state index in [0.29, 0.717) is 6.54 Å². The predicted octanol–water partition coefficient (Wildman–Crippen LogP) is 4.46. The van der Waals surface area contributed by atoms with Crippen molar-refractivity contribution in [2.45, 2.75) is 13.0 Å². The average molecular weight is 300 g/mol. The van der Waals surface area contributed by atoms with Crippen LogP contribution in [-0.4, -0.2) is 6.54 Å². The van der Waals surface area contributed by atoms with E-state index in [1.54, 1.807) is 13.0 Å². The summed E-state index contributed by atoms with van der Waals surface area (Å²) in [4.78, 5) is 0. The first-order chi connectivity index (χ1) is 9.56. The summed E-state index contributed by atoms with van der Waals surface area (Å²) in [5.41, 5.74) is -0.0983. The second kappa shape index (κ2) is 6.29. The van der Waals surface area contributed by atoms with Crippen molar-refractivity contribution in [3.63, 3.8) is 0 Å². The molecule has 1 nitrogen and oxygen atoms in total. The molecule has 0 aromatic heterocycles. The molecule has 20 heavy (non-hydrogen) atoms. The molecule has 2 rings (SSSR count). The summed E-state index contributed by atoms with van der Waals surface area (Å²) in [6.45, 7) is 2.19. The molecule has 0 spiro atoms. The summed E-state index contributed by atoms with van der Waals surface area (Å²) in [6.07, 6.45) is 0. The molecule has 0 amide bonds. The Bertz CT molecular complexity index is 596. The van der Waals surface area contributed by atoms with Crippen LogP contribution in [0, 0.1) is 17.5 Å². The Hall–Kier alpha value is -1.52. The van der Waals surface area contributed by atoms with Crippen LogP contribution in [0.5, 0.6) is 0 Å². The molecule has 0 aliphatic heterocycles. The van der Waals surface area contributed by atoms with Gasteiger partial charge in [0, 0.05) is 11.1 Å². The largest absolute Gasteiger partial charge is 0.306 e. The Morgan fingerprint density at radius 2 is 1.65 bits per heavy atom. The van der Waals surface area contributed by atoms with E-state index in [2.05, 4.69) is 5.32 Å². The fourth-order valence-electron chi connectivity index (χ4n) is 2.10. The predicted molar refractivity (Wildman–Crippen MR) is 73.3 cm³/mol. The molecule has 0 saturated heterocycles. The molecule has 0 aliphatic rings. The number of hydrogen-bond donors (Lipinski definition) is 1. The number of halogens is 4. The summed E-state index contributed by atoms with van der Waals surface area (Å²) in [6, 6.07) is 7.02. The van der Waals surface area contributed by atoms with E-state index in [-0.39, 0.29) is 16.1 Å². The van der Waals surface area contributed by atoms with Crippen molar-refractivity contribution in [3.05, 3.63) is 70.0 Å². The lowest BCUT2D eigenvalue weighted by molar-refractivity contribution is 0.495. The zero-order chi connectivity index (χ0) is 14.7. The van der Waals surface area contributed by atoms with Crippen molar-refractivity contribution in [1.82, 2.24) is 5.32 Å². The second-order valence-corrected chi connectivity index (χ2v) is 4.68. The molecule has 5 heteroatoms. The summed E-state index contributed by atoms with van der Waals surface area (Å²) in [5, 5.41) is 2.80. The molecule has 0 aliphatic carbocycles. The molecule has 106 valence electrons. The summed E-state index contributed by atoms with van der Waals surface area (Å²) >= 11 is 5.73. The smallest absolute Gasteiger partial charge is 0.146 e. The van der Waals surface area contributed by atoms with Gasteiger partial charge >= 0.3 is 0 Å². The topological polar surface area (TPSA) is 12.0 Å². The monoisotopic (exact) mass is 299 g/mol. The fraction of sp³-hybridized carbons (Fsp3) is 0.200. The van der Waals surface area contributed by atoms with Gasteiger partial charge in [-0.2, -0.15) is 0 Å². The van der Waals surface area contributed by atoms with E-state index < -0.39 is 23.5 Å². The Morgan fingerprint density at radius 1 is 1.05 bits per heavy atom. The fourth-order valence-corrected chi connectivity index (χ4v) is 2.28. The van der Waals surface area contributed by atoms with E-state index in [9.17, 15) is 13.2 Å². The Balaban J connectivity index is 2.60. The molecule has 0 bridgehead atoms. The maximum Gasteiger partial charge on any atom is 0.146 e. The van der Waals surface area contributed by atoms with E-state index in [1.165, 1.54) is 18.2 Å². The molecule has 0 radical (unpaired) electrons. The van der Waals surface area contributed by atoms with Gasteiger partial charge in [-0.05, 0) is 24.7 Å².